The molecule has 0 aromatic heterocycles. The van der Waals surface area contributed by atoms with E-state index in [1.165, 1.54) is 0 Å². The van der Waals surface area contributed by atoms with Gasteiger partial charge in [0.2, 0.25) is 0 Å². The van der Waals surface area contributed by atoms with Crippen molar-refractivity contribution in [2.45, 2.75) is 84.1 Å². The number of benzene rings is 2. The minimum absolute atomic E-state index is 0.224. The molecule has 0 saturated carbocycles. The molecule has 0 radical (unpaired) electrons. The van der Waals surface area contributed by atoms with Gasteiger partial charge in [0.05, 0.1) is 20.1 Å². The van der Waals surface area contributed by atoms with E-state index in [-0.39, 0.29) is 12.1 Å². The molecule has 0 aliphatic heterocycles. The van der Waals surface area contributed by atoms with E-state index >= 15 is 0 Å². The summed E-state index contributed by atoms with van der Waals surface area (Å²) < 4.78 is 12.1. The average Bonchev–Trinajstić information content (AvgIpc) is 2.66. The van der Waals surface area contributed by atoms with Crippen LogP contribution in [-0.2, 0) is 5.41 Å². The maximum atomic E-state index is 6.59. The Morgan fingerprint density at radius 1 is 0.606 bits per heavy atom. The van der Waals surface area contributed by atoms with Crippen molar-refractivity contribution in [1.82, 2.24) is 0 Å². The van der Waals surface area contributed by atoms with Gasteiger partial charge in [0.1, 0.15) is 11.2 Å². The second-order valence-corrected chi connectivity index (χ2v) is 11.8. The molecule has 4 N–H and O–H groups in total. The van der Waals surface area contributed by atoms with Gasteiger partial charge in [0.15, 0.2) is 11.5 Å². The third kappa shape index (κ3) is 6.22. The summed E-state index contributed by atoms with van der Waals surface area (Å²) in [5.74, 6) is 0.802. The second-order valence-electron chi connectivity index (χ2n) is 10.2. The van der Waals surface area contributed by atoms with Crippen molar-refractivity contribution in [2.24, 2.45) is 11.5 Å². The molecule has 2 rings (SSSR count). The number of nitrogens with two attached hydrogens (primary N) is 2. The van der Waals surface area contributed by atoms with Gasteiger partial charge in [-0.15, -0.1) is 0 Å². The third-order valence-electron chi connectivity index (χ3n) is 6.36. The van der Waals surface area contributed by atoms with Crippen LogP contribution in [0.4, 0.5) is 0 Å². The van der Waals surface area contributed by atoms with E-state index < -0.39 is 16.6 Å². The van der Waals surface area contributed by atoms with Crippen LogP contribution in [0.15, 0.2) is 24.3 Å². The second kappa shape index (κ2) is 10.0. The molecule has 2 aromatic rings. The van der Waals surface area contributed by atoms with Crippen molar-refractivity contribution in [3.05, 3.63) is 55.5 Å². The number of hydrogen-bond acceptors (Lipinski definition) is 4. The Labute approximate surface area is 217 Å². The standard InChI is InChI=1S/C25H34Cl4N2O2/c1-13(30)24(5,6)32-21-17(26)9-15(10-18(21)27)23(3,4)16-11-19(28)22(20(29)12-16)33-25(7,8)14(2)31/h9-14H,30-31H2,1-8H3. The zero-order valence-electron chi connectivity index (χ0n) is 20.4. The Balaban J connectivity index is 2.48. The largest absolute Gasteiger partial charge is 0.483 e. The van der Waals surface area contributed by atoms with Gasteiger partial charge in [0, 0.05) is 17.5 Å². The molecule has 0 aliphatic carbocycles. The molecule has 2 atom stereocenters. The Bertz CT molecular complexity index is 892. The normalized spacial score (nSPS) is 14.7. The third-order valence-corrected chi connectivity index (χ3v) is 7.49. The van der Waals surface area contributed by atoms with Gasteiger partial charge >= 0.3 is 0 Å². The van der Waals surface area contributed by atoms with E-state index in [1.54, 1.807) is 0 Å². The first-order chi connectivity index (χ1) is 14.9. The van der Waals surface area contributed by atoms with Gasteiger partial charge in [-0.05, 0) is 76.9 Å². The predicted octanol–water partition coefficient (Wildman–Crippen LogP) is 7.64. The van der Waals surface area contributed by atoms with Crippen LogP contribution >= 0.6 is 46.4 Å². The van der Waals surface area contributed by atoms with Crippen molar-refractivity contribution < 1.29 is 9.47 Å². The smallest absolute Gasteiger partial charge is 0.157 e. The van der Waals surface area contributed by atoms with E-state index in [1.807, 2.05) is 79.7 Å². The first kappa shape index (κ1) is 28.4. The lowest BCUT2D eigenvalue weighted by molar-refractivity contribution is 0.0861. The highest BCUT2D eigenvalue weighted by atomic mass is 35.5. The Morgan fingerprint density at radius 3 is 1.06 bits per heavy atom. The fraction of sp³-hybridized carbons (Fsp3) is 0.520. The van der Waals surface area contributed by atoms with Gasteiger partial charge in [-0.25, -0.2) is 0 Å². The van der Waals surface area contributed by atoms with Crippen molar-refractivity contribution in [3.8, 4) is 11.5 Å². The highest BCUT2D eigenvalue weighted by Crippen LogP contribution is 2.45. The minimum Gasteiger partial charge on any atom is -0.483 e. The first-order valence-electron chi connectivity index (χ1n) is 10.8. The molecule has 0 saturated heterocycles. The first-order valence-corrected chi connectivity index (χ1v) is 12.3. The van der Waals surface area contributed by atoms with Crippen LogP contribution in [-0.4, -0.2) is 23.3 Å². The maximum Gasteiger partial charge on any atom is 0.157 e. The molecule has 4 nitrogen and oxygen atoms in total. The van der Waals surface area contributed by atoms with Gasteiger partial charge in [-0.3, -0.25) is 0 Å². The molecule has 2 aromatic carbocycles. The van der Waals surface area contributed by atoms with E-state index in [9.17, 15) is 0 Å². The molecule has 0 amide bonds. The molecular weight excluding hydrogens is 502 g/mol. The number of halogens is 4. The Hall–Kier alpha value is -0.880. The van der Waals surface area contributed by atoms with Gasteiger partial charge in [-0.1, -0.05) is 60.3 Å². The van der Waals surface area contributed by atoms with Crippen LogP contribution in [0.5, 0.6) is 11.5 Å². The molecule has 0 aliphatic rings. The Morgan fingerprint density at radius 2 is 0.848 bits per heavy atom. The molecule has 184 valence electrons. The summed E-state index contributed by atoms with van der Waals surface area (Å²) in [6.07, 6.45) is 0. The summed E-state index contributed by atoms with van der Waals surface area (Å²) in [6, 6.07) is 6.91. The van der Waals surface area contributed by atoms with Crippen molar-refractivity contribution in [3.63, 3.8) is 0 Å². The van der Waals surface area contributed by atoms with E-state index in [2.05, 4.69) is 0 Å². The lowest BCUT2D eigenvalue weighted by atomic mass is 9.78. The van der Waals surface area contributed by atoms with Gasteiger partial charge in [0.25, 0.3) is 0 Å². The molecule has 0 spiro atoms. The predicted molar refractivity (Wildman–Crippen MR) is 142 cm³/mol. The molecule has 0 bridgehead atoms. The van der Waals surface area contributed by atoms with Crippen molar-refractivity contribution in [1.29, 1.82) is 0 Å². The fourth-order valence-corrected chi connectivity index (χ4v) is 4.04. The van der Waals surface area contributed by atoms with E-state index in [4.69, 9.17) is 67.3 Å². The highest BCUT2D eigenvalue weighted by Gasteiger charge is 2.32. The van der Waals surface area contributed by atoms with Crippen LogP contribution in [0.2, 0.25) is 20.1 Å². The van der Waals surface area contributed by atoms with Gasteiger partial charge < -0.3 is 20.9 Å². The quantitative estimate of drug-likeness (QED) is 0.364. The fourth-order valence-electron chi connectivity index (χ4n) is 2.92. The zero-order valence-corrected chi connectivity index (χ0v) is 23.5. The summed E-state index contributed by atoms with van der Waals surface area (Å²) in [5.41, 5.74) is 12.0. The molecular formula is C25H34Cl4N2O2. The lowest BCUT2D eigenvalue weighted by Gasteiger charge is -2.33. The summed E-state index contributed by atoms with van der Waals surface area (Å²) in [5, 5.41) is 1.59. The molecule has 0 fully saturated rings. The number of hydrogen-bond donors (Lipinski definition) is 2. The van der Waals surface area contributed by atoms with Crippen LogP contribution in [0, 0.1) is 0 Å². The summed E-state index contributed by atoms with van der Waals surface area (Å²) >= 11 is 26.4. The summed E-state index contributed by atoms with van der Waals surface area (Å²) in [4.78, 5) is 0. The number of rotatable bonds is 8. The Kier molecular flexibility index (Phi) is 8.60. The minimum atomic E-state index is -0.643. The molecule has 0 heterocycles. The van der Waals surface area contributed by atoms with Crippen LogP contribution in [0.1, 0.15) is 66.5 Å². The van der Waals surface area contributed by atoms with Crippen LogP contribution < -0.4 is 20.9 Å². The van der Waals surface area contributed by atoms with Crippen LogP contribution in [0.25, 0.3) is 0 Å². The average molecular weight is 536 g/mol. The zero-order chi connectivity index (χ0) is 25.5. The lowest BCUT2D eigenvalue weighted by Crippen LogP contribution is -2.45. The topological polar surface area (TPSA) is 70.5 Å². The summed E-state index contributed by atoms with van der Waals surface area (Å²) in [7, 11) is 0. The van der Waals surface area contributed by atoms with Crippen LogP contribution in [0.3, 0.4) is 0 Å². The monoisotopic (exact) mass is 534 g/mol. The highest BCUT2D eigenvalue weighted by molar-refractivity contribution is 6.38. The molecule has 33 heavy (non-hydrogen) atoms. The molecule has 8 heteroatoms. The van der Waals surface area contributed by atoms with Crippen molar-refractivity contribution in [2.75, 3.05) is 0 Å². The maximum absolute atomic E-state index is 6.59. The van der Waals surface area contributed by atoms with E-state index in [0.29, 0.717) is 31.6 Å². The van der Waals surface area contributed by atoms with Gasteiger partial charge in [-0.2, -0.15) is 0 Å². The summed E-state index contributed by atoms with van der Waals surface area (Å²) in [6.45, 7) is 15.4. The number of ether oxygens (including phenoxy) is 2. The van der Waals surface area contributed by atoms with Crippen molar-refractivity contribution >= 4 is 46.4 Å². The molecule has 2 unspecified atom stereocenters. The van der Waals surface area contributed by atoms with E-state index in [0.717, 1.165) is 11.1 Å². The SMILES string of the molecule is CC(N)C(C)(C)Oc1c(Cl)cc(C(C)(C)c2cc(Cl)c(OC(C)(C)C(C)N)c(Cl)c2)cc1Cl.